The summed E-state index contributed by atoms with van der Waals surface area (Å²) in [6, 6.07) is 8.06. The molecule has 6 heteroatoms. The first kappa shape index (κ1) is 17.5. The Labute approximate surface area is 148 Å². The summed E-state index contributed by atoms with van der Waals surface area (Å²) in [5, 5.41) is 2.79. The number of carbonyl (C=O) groups is 3. The molecule has 3 amide bonds. The van der Waals surface area contributed by atoms with Gasteiger partial charge < -0.3 is 15.1 Å². The minimum atomic E-state index is -0.872. The molecular weight excluding hydrogens is 318 g/mol. The Morgan fingerprint density at radius 2 is 1.92 bits per heavy atom. The van der Waals surface area contributed by atoms with Gasteiger partial charge in [-0.15, -0.1) is 0 Å². The molecule has 1 aromatic rings. The number of benzene rings is 1. The maximum atomic E-state index is 12.9. The average molecular weight is 343 g/mol. The summed E-state index contributed by atoms with van der Waals surface area (Å²) < 4.78 is 0. The van der Waals surface area contributed by atoms with Crippen LogP contribution < -0.4 is 5.32 Å². The van der Waals surface area contributed by atoms with Gasteiger partial charge >= 0.3 is 0 Å². The van der Waals surface area contributed by atoms with Crippen molar-refractivity contribution in [2.75, 3.05) is 19.6 Å². The van der Waals surface area contributed by atoms with E-state index >= 15 is 0 Å². The van der Waals surface area contributed by atoms with E-state index in [9.17, 15) is 14.4 Å². The lowest BCUT2D eigenvalue weighted by Crippen LogP contribution is -2.64. The second-order valence-electron chi connectivity index (χ2n) is 7.47. The second-order valence-corrected chi connectivity index (χ2v) is 7.47. The predicted molar refractivity (Wildman–Crippen MR) is 93.5 cm³/mol. The Balaban J connectivity index is 1.68. The zero-order valence-electron chi connectivity index (χ0n) is 15.0. The van der Waals surface area contributed by atoms with E-state index in [1.807, 2.05) is 31.2 Å². The first-order valence-corrected chi connectivity index (χ1v) is 8.72. The molecule has 0 spiro atoms. The second kappa shape index (κ2) is 6.50. The molecule has 2 heterocycles. The highest BCUT2D eigenvalue weighted by Gasteiger charge is 2.45. The van der Waals surface area contributed by atoms with Crippen LogP contribution in [0.1, 0.15) is 31.4 Å². The van der Waals surface area contributed by atoms with Crippen molar-refractivity contribution in [3.63, 3.8) is 0 Å². The van der Waals surface area contributed by atoms with Gasteiger partial charge in [0.05, 0.1) is 5.92 Å². The first-order chi connectivity index (χ1) is 11.8. The van der Waals surface area contributed by atoms with Crippen molar-refractivity contribution in [3.05, 3.63) is 35.4 Å². The van der Waals surface area contributed by atoms with Gasteiger partial charge in [0.2, 0.25) is 17.7 Å². The third-order valence-electron chi connectivity index (χ3n) is 5.18. The largest absolute Gasteiger partial charge is 0.352 e. The summed E-state index contributed by atoms with van der Waals surface area (Å²) in [4.78, 5) is 40.7. The third-order valence-corrected chi connectivity index (χ3v) is 5.18. The van der Waals surface area contributed by atoms with Gasteiger partial charge in [-0.1, -0.05) is 29.8 Å². The lowest BCUT2D eigenvalue weighted by molar-refractivity contribution is -0.151. The molecule has 1 atom stereocenters. The molecular formula is C19H25N3O3. The standard InChI is InChI=1S/C19H25N3O3/c1-13-4-6-14(7-5-13)11-21-12-15(10-16(21)23)17(24)22-9-8-20-18(25)19(22,2)3/h4-7,15H,8-12H2,1-3H3,(H,20,25). The van der Waals surface area contributed by atoms with Gasteiger partial charge in [0.25, 0.3) is 0 Å². The number of amides is 3. The molecule has 25 heavy (non-hydrogen) atoms. The predicted octanol–water partition coefficient (Wildman–Crippen LogP) is 1.08. The van der Waals surface area contributed by atoms with Gasteiger partial charge in [0, 0.05) is 32.6 Å². The number of nitrogens with one attached hydrogen (secondary N) is 1. The smallest absolute Gasteiger partial charge is 0.245 e. The van der Waals surface area contributed by atoms with E-state index in [2.05, 4.69) is 5.32 Å². The summed E-state index contributed by atoms with van der Waals surface area (Å²) in [6.07, 6.45) is 0.221. The highest BCUT2D eigenvalue weighted by Crippen LogP contribution is 2.26. The SMILES string of the molecule is Cc1ccc(CN2CC(C(=O)N3CCNC(=O)C3(C)C)CC2=O)cc1. The molecule has 0 aromatic heterocycles. The van der Waals surface area contributed by atoms with Crippen molar-refractivity contribution in [2.24, 2.45) is 5.92 Å². The van der Waals surface area contributed by atoms with Gasteiger partial charge in [0.1, 0.15) is 5.54 Å². The van der Waals surface area contributed by atoms with Gasteiger partial charge in [-0.25, -0.2) is 0 Å². The van der Waals surface area contributed by atoms with Crippen molar-refractivity contribution in [1.29, 1.82) is 0 Å². The van der Waals surface area contributed by atoms with E-state index in [4.69, 9.17) is 0 Å². The molecule has 3 rings (SSSR count). The lowest BCUT2D eigenvalue weighted by atomic mass is 9.95. The normalized spacial score (nSPS) is 22.9. The minimum absolute atomic E-state index is 0.00167. The number of nitrogens with zero attached hydrogens (tertiary/aromatic N) is 2. The topological polar surface area (TPSA) is 69.7 Å². The van der Waals surface area contributed by atoms with Crippen molar-refractivity contribution in [1.82, 2.24) is 15.1 Å². The van der Waals surface area contributed by atoms with Crippen LogP contribution in [0.5, 0.6) is 0 Å². The third kappa shape index (κ3) is 3.38. The summed E-state index contributed by atoms with van der Waals surface area (Å²) in [6.45, 7) is 7.41. The zero-order chi connectivity index (χ0) is 18.2. The van der Waals surface area contributed by atoms with Gasteiger partial charge in [-0.2, -0.15) is 0 Å². The number of piperazine rings is 1. The number of hydrogen-bond acceptors (Lipinski definition) is 3. The van der Waals surface area contributed by atoms with Crippen LogP contribution in [0.25, 0.3) is 0 Å². The van der Waals surface area contributed by atoms with Crippen molar-refractivity contribution in [3.8, 4) is 0 Å². The number of aryl methyl sites for hydroxylation is 1. The van der Waals surface area contributed by atoms with E-state index < -0.39 is 5.54 Å². The van der Waals surface area contributed by atoms with Crippen LogP contribution in [0.3, 0.4) is 0 Å². The van der Waals surface area contributed by atoms with Crippen LogP contribution in [0.4, 0.5) is 0 Å². The maximum Gasteiger partial charge on any atom is 0.245 e. The number of carbonyl (C=O) groups excluding carboxylic acids is 3. The molecule has 2 aliphatic heterocycles. The summed E-state index contributed by atoms with van der Waals surface area (Å²) >= 11 is 0. The number of rotatable bonds is 3. The van der Waals surface area contributed by atoms with Gasteiger partial charge in [-0.05, 0) is 26.3 Å². The molecule has 6 nitrogen and oxygen atoms in total. The van der Waals surface area contributed by atoms with Crippen molar-refractivity contribution >= 4 is 17.7 Å². The molecule has 1 N–H and O–H groups in total. The Morgan fingerprint density at radius 1 is 1.24 bits per heavy atom. The Kier molecular flexibility index (Phi) is 4.54. The fraction of sp³-hybridized carbons (Fsp3) is 0.526. The van der Waals surface area contributed by atoms with E-state index in [1.165, 1.54) is 5.56 Å². The van der Waals surface area contributed by atoms with Crippen LogP contribution in [0, 0.1) is 12.8 Å². The number of hydrogen-bond donors (Lipinski definition) is 1. The monoisotopic (exact) mass is 343 g/mol. The van der Waals surface area contributed by atoms with Gasteiger partial charge in [-0.3, -0.25) is 14.4 Å². The highest BCUT2D eigenvalue weighted by molar-refractivity contribution is 5.95. The van der Waals surface area contributed by atoms with E-state index in [0.717, 1.165) is 5.56 Å². The van der Waals surface area contributed by atoms with Crippen LogP contribution in [-0.2, 0) is 20.9 Å². The maximum absolute atomic E-state index is 12.9. The molecule has 0 aliphatic carbocycles. The molecule has 134 valence electrons. The minimum Gasteiger partial charge on any atom is -0.352 e. The van der Waals surface area contributed by atoms with Crippen molar-refractivity contribution in [2.45, 2.75) is 39.3 Å². The summed E-state index contributed by atoms with van der Waals surface area (Å²) in [7, 11) is 0. The highest BCUT2D eigenvalue weighted by atomic mass is 16.2. The van der Waals surface area contributed by atoms with E-state index in [0.29, 0.717) is 26.2 Å². The molecule has 1 unspecified atom stereocenters. The molecule has 2 aliphatic rings. The molecule has 2 fully saturated rings. The Morgan fingerprint density at radius 3 is 2.60 bits per heavy atom. The number of likely N-dealkylation sites (tertiary alicyclic amines) is 1. The molecule has 1 aromatic carbocycles. The van der Waals surface area contributed by atoms with Crippen LogP contribution in [0.2, 0.25) is 0 Å². The molecule has 0 saturated carbocycles. The molecule has 0 radical (unpaired) electrons. The zero-order valence-corrected chi connectivity index (χ0v) is 15.0. The van der Waals surface area contributed by atoms with Crippen LogP contribution in [-0.4, -0.2) is 52.7 Å². The quantitative estimate of drug-likeness (QED) is 0.893. The average Bonchev–Trinajstić information content (AvgIpc) is 2.92. The van der Waals surface area contributed by atoms with Crippen LogP contribution >= 0.6 is 0 Å². The van der Waals surface area contributed by atoms with E-state index in [-0.39, 0.29) is 30.1 Å². The fourth-order valence-corrected chi connectivity index (χ4v) is 3.51. The summed E-state index contributed by atoms with van der Waals surface area (Å²) in [5.74, 6) is -0.617. The van der Waals surface area contributed by atoms with Crippen LogP contribution in [0.15, 0.2) is 24.3 Å². The Hall–Kier alpha value is -2.37. The van der Waals surface area contributed by atoms with E-state index in [1.54, 1.807) is 23.6 Å². The van der Waals surface area contributed by atoms with Crippen molar-refractivity contribution < 1.29 is 14.4 Å². The molecule has 2 saturated heterocycles. The first-order valence-electron chi connectivity index (χ1n) is 8.72. The Bertz CT molecular complexity index is 696. The lowest BCUT2D eigenvalue weighted by Gasteiger charge is -2.42. The fourth-order valence-electron chi connectivity index (χ4n) is 3.51. The van der Waals surface area contributed by atoms with Gasteiger partial charge in [0.15, 0.2) is 0 Å². The summed E-state index contributed by atoms with van der Waals surface area (Å²) in [5.41, 5.74) is 1.36. The molecule has 0 bridgehead atoms.